The van der Waals surface area contributed by atoms with Crippen molar-refractivity contribution in [1.82, 2.24) is 0 Å². The van der Waals surface area contributed by atoms with Gasteiger partial charge in [-0.15, -0.1) is 0 Å². The maximum atomic E-state index is 12.5. The molecule has 0 aromatic carbocycles. The van der Waals surface area contributed by atoms with Gasteiger partial charge in [-0.25, -0.2) is 0 Å². The molecule has 0 aliphatic heterocycles. The molecule has 0 N–H and O–H groups in total. The summed E-state index contributed by atoms with van der Waals surface area (Å²) in [6.45, 7) is 2.26. The van der Waals surface area contributed by atoms with Crippen LogP contribution in [0.5, 0.6) is 0 Å². The molecule has 3 nitrogen and oxygen atoms in total. The first-order chi connectivity index (χ1) is 13.2. The topological polar surface area (TPSA) is 50.1 Å². The Morgan fingerprint density at radius 1 is 1.00 bits per heavy atom. The summed E-state index contributed by atoms with van der Waals surface area (Å²) in [4.78, 5) is 12.5. The molecule has 2 saturated carbocycles. The smallest absolute Gasteiger partial charge is 0.309 e. The molecule has 0 aromatic heterocycles. The molecule has 0 heterocycles. The molecule has 27 heavy (non-hydrogen) atoms. The van der Waals surface area contributed by atoms with Gasteiger partial charge in [0.15, 0.2) is 0 Å². The average molecular weight is 372 g/mol. The van der Waals surface area contributed by atoms with Crippen LogP contribution in [0, 0.1) is 29.1 Å². The molecule has 0 saturated heterocycles. The zero-order valence-corrected chi connectivity index (χ0v) is 17.1. The van der Waals surface area contributed by atoms with Crippen LogP contribution in [-0.4, -0.2) is 12.1 Å². The van der Waals surface area contributed by atoms with Crippen molar-refractivity contribution in [2.75, 3.05) is 0 Å². The van der Waals surface area contributed by atoms with Crippen molar-refractivity contribution < 1.29 is 9.53 Å². The van der Waals surface area contributed by atoms with E-state index in [1.54, 1.807) is 6.08 Å². The third kappa shape index (κ3) is 8.33. The number of carbonyl (C=O) groups is 1. The molecule has 2 aliphatic rings. The Balaban J connectivity index is 1.61. The molecule has 0 radical (unpaired) electrons. The number of carbonyl (C=O) groups excluding carboxylic acids is 1. The molecular weight excluding hydrogens is 334 g/mol. The van der Waals surface area contributed by atoms with Gasteiger partial charge in [0.05, 0.1) is 12.0 Å². The molecule has 0 bridgehead atoms. The predicted molar refractivity (Wildman–Crippen MR) is 110 cm³/mol. The summed E-state index contributed by atoms with van der Waals surface area (Å²) in [6.07, 6.45) is 22.8. The van der Waals surface area contributed by atoms with Crippen molar-refractivity contribution in [2.45, 2.75) is 96.5 Å². The molecule has 2 rings (SSSR count). The molecule has 2 fully saturated rings. The maximum Gasteiger partial charge on any atom is 0.309 e. The number of hydrogen-bond donors (Lipinski definition) is 0. The number of allylic oxidation sites excluding steroid dienone is 4. The second-order valence-electron chi connectivity index (χ2n) is 8.41. The van der Waals surface area contributed by atoms with E-state index in [0.29, 0.717) is 5.92 Å². The monoisotopic (exact) mass is 371 g/mol. The number of nitriles is 1. The molecule has 150 valence electrons. The van der Waals surface area contributed by atoms with Gasteiger partial charge in [0, 0.05) is 6.08 Å². The van der Waals surface area contributed by atoms with Crippen molar-refractivity contribution >= 4 is 5.97 Å². The molecule has 0 aromatic rings. The lowest BCUT2D eigenvalue weighted by Gasteiger charge is -2.31. The van der Waals surface area contributed by atoms with Crippen LogP contribution in [0.1, 0.15) is 90.4 Å². The summed E-state index contributed by atoms with van der Waals surface area (Å²) in [7, 11) is 0. The van der Waals surface area contributed by atoms with Gasteiger partial charge in [0.2, 0.25) is 0 Å². The van der Waals surface area contributed by atoms with E-state index in [0.717, 1.165) is 44.4 Å². The number of esters is 1. The van der Waals surface area contributed by atoms with Crippen molar-refractivity contribution in [3.8, 4) is 6.07 Å². The normalized spacial score (nSPS) is 29.0. The average Bonchev–Trinajstić information content (AvgIpc) is 2.70. The van der Waals surface area contributed by atoms with Crippen LogP contribution in [0.2, 0.25) is 0 Å². The highest BCUT2D eigenvalue weighted by Gasteiger charge is 2.30. The van der Waals surface area contributed by atoms with Gasteiger partial charge in [-0.2, -0.15) is 5.26 Å². The van der Waals surface area contributed by atoms with Gasteiger partial charge < -0.3 is 4.74 Å². The van der Waals surface area contributed by atoms with Gasteiger partial charge in [0.1, 0.15) is 6.10 Å². The third-order valence-corrected chi connectivity index (χ3v) is 6.31. The highest BCUT2D eigenvalue weighted by Crippen LogP contribution is 2.34. The van der Waals surface area contributed by atoms with Crippen molar-refractivity contribution in [2.24, 2.45) is 17.8 Å². The van der Waals surface area contributed by atoms with Crippen LogP contribution >= 0.6 is 0 Å². The lowest BCUT2D eigenvalue weighted by Crippen LogP contribution is -2.29. The maximum absolute atomic E-state index is 12.5. The Hall–Kier alpha value is -1.56. The van der Waals surface area contributed by atoms with E-state index in [1.807, 2.05) is 12.1 Å². The first-order valence-electron chi connectivity index (χ1n) is 11.2. The number of unbranched alkanes of at least 4 members (excludes halogenated alkanes) is 3. The molecule has 0 unspecified atom stereocenters. The first kappa shape index (κ1) is 21.7. The third-order valence-electron chi connectivity index (χ3n) is 6.31. The van der Waals surface area contributed by atoms with E-state index in [9.17, 15) is 4.79 Å². The Morgan fingerprint density at radius 2 is 1.74 bits per heavy atom. The van der Waals surface area contributed by atoms with Crippen molar-refractivity contribution in [3.05, 3.63) is 24.3 Å². The standard InChI is InChI=1S/C24H37NO2/c1-2-3-4-6-9-20-11-15-22(16-12-20)24(26)27-23-17-13-21(14-18-23)10-7-5-8-19-25/h5,7-8,10,20-23H,2-4,6,9,11-18H2,1H3/t20-,21-,22-,23-. The molecule has 2 aliphatic carbocycles. The minimum absolute atomic E-state index is 0.0652. The van der Waals surface area contributed by atoms with Crippen LogP contribution in [0.15, 0.2) is 24.3 Å². The highest BCUT2D eigenvalue weighted by molar-refractivity contribution is 5.72. The Kier molecular flexibility index (Phi) is 10.3. The lowest BCUT2D eigenvalue weighted by molar-refractivity contribution is -0.157. The molecule has 0 amide bonds. The molecule has 0 spiro atoms. The predicted octanol–water partition coefficient (Wildman–Crippen LogP) is 6.50. The van der Waals surface area contributed by atoms with Gasteiger partial charge in [0.25, 0.3) is 0 Å². The van der Waals surface area contributed by atoms with E-state index >= 15 is 0 Å². The van der Waals surface area contributed by atoms with Crippen LogP contribution in [-0.2, 0) is 9.53 Å². The first-order valence-corrected chi connectivity index (χ1v) is 11.2. The fourth-order valence-electron chi connectivity index (χ4n) is 4.53. The van der Waals surface area contributed by atoms with Crippen LogP contribution in [0.4, 0.5) is 0 Å². The summed E-state index contributed by atoms with van der Waals surface area (Å²) in [6, 6.07) is 1.99. The molecule has 3 heteroatoms. The van der Waals surface area contributed by atoms with E-state index < -0.39 is 0 Å². The van der Waals surface area contributed by atoms with Crippen LogP contribution < -0.4 is 0 Å². The number of rotatable bonds is 9. The second kappa shape index (κ2) is 12.8. The van der Waals surface area contributed by atoms with Crippen LogP contribution in [0.25, 0.3) is 0 Å². The summed E-state index contributed by atoms with van der Waals surface area (Å²) in [5.74, 6) is 1.59. The Labute approximate surface area is 165 Å². The summed E-state index contributed by atoms with van der Waals surface area (Å²) < 4.78 is 5.85. The fraction of sp³-hybridized carbons (Fsp3) is 0.750. The fourth-order valence-corrected chi connectivity index (χ4v) is 4.53. The zero-order chi connectivity index (χ0) is 19.3. The van der Waals surface area contributed by atoms with E-state index in [-0.39, 0.29) is 18.0 Å². The Bertz CT molecular complexity index is 515. The quantitative estimate of drug-likeness (QED) is 0.201. The van der Waals surface area contributed by atoms with Crippen molar-refractivity contribution in [1.29, 1.82) is 5.26 Å². The number of hydrogen-bond acceptors (Lipinski definition) is 3. The van der Waals surface area contributed by atoms with Gasteiger partial charge in [-0.1, -0.05) is 57.3 Å². The zero-order valence-electron chi connectivity index (χ0n) is 17.1. The lowest BCUT2D eigenvalue weighted by atomic mass is 9.79. The summed E-state index contributed by atoms with van der Waals surface area (Å²) in [5, 5.41) is 8.48. The van der Waals surface area contributed by atoms with E-state index in [2.05, 4.69) is 13.0 Å². The summed E-state index contributed by atoms with van der Waals surface area (Å²) >= 11 is 0. The van der Waals surface area contributed by atoms with E-state index in [4.69, 9.17) is 10.00 Å². The second-order valence-corrected chi connectivity index (χ2v) is 8.41. The van der Waals surface area contributed by atoms with Crippen molar-refractivity contribution in [3.63, 3.8) is 0 Å². The Morgan fingerprint density at radius 3 is 2.41 bits per heavy atom. The SMILES string of the molecule is CCCCCC[C@H]1CC[C@H](C(=O)O[C@H]2CC[C@H](C=CC=CC#N)CC2)CC1. The highest BCUT2D eigenvalue weighted by atomic mass is 16.5. The van der Waals surface area contributed by atoms with Crippen LogP contribution in [0.3, 0.4) is 0 Å². The minimum atomic E-state index is 0.0652. The number of nitrogens with zero attached hydrogens (tertiary/aromatic N) is 1. The van der Waals surface area contributed by atoms with E-state index in [1.165, 1.54) is 51.0 Å². The van der Waals surface area contributed by atoms with Gasteiger partial charge in [-0.05, 0) is 63.2 Å². The number of ether oxygens (including phenoxy) is 1. The largest absolute Gasteiger partial charge is 0.462 e. The summed E-state index contributed by atoms with van der Waals surface area (Å²) in [5.41, 5.74) is 0. The molecular formula is C24H37NO2. The van der Waals surface area contributed by atoms with Gasteiger partial charge >= 0.3 is 5.97 Å². The minimum Gasteiger partial charge on any atom is -0.462 e. The molecule has 0 atom stereocenters. The van der Waals surface area contributed by atoms with Gasteiger partial charge in [-0.3, -0.25) is 4.79 Å².